The number of carbonyl (C=O) groups excluding carboxylic acids is 2. The maximum absolute atomic E-state index is 14.3. The molecule has 3 aromatic rings. The molecule has 0 aliphatic heterocycles. The molecule has 1 heterocycles. The molecule has 3 rings (SSSR count). The molecule has 0 N–H and O–H groups in total. The third-order valence-electron chi connectivity index (χ3n) is 3.81. The van der Waals surface area contributed by atoms with Crippen LogP contribution in [0.1, 0.15) is 12.5 Å². The number of amides is 1. The molecular formula is C19H15ClF2N2O3S. The molecule has 0 fully saturated rings. The van der Waals surface area contributed by atoms with Gasteiger partial charge in [0.05, 0.1) is 23.2 Å². The number of fused-ring (bicyclic) bond motifs is 1. The van der Waals surface area contributed by atoms with Gasteiger partial charge in [0.1, 0.15) is 12.4 Å². The second-order valence-corrected chi connectivity index (χ2v) is 7.20. The highest BCUT2D eigenvalue weighted by Gasteiger charge is 2.17. The van der Waals surface area contributed by atoms with Crippen molar-refractivity contribution in [2.24, 2.45) is 4.99 Å². The molecule has 0 aliphatic carbocycles. The summed E-state index contributed by atoms with van der Waals surface area (Å²) >= 11 is 6.97. The SMILES string of the molecule is CCOC(=O)Cn1c(=NC(=O)Cc2ccccc2Cl)sc2cc(F)cc(F)c21. The molecule has 5 nitrogen and oxygen atoms in total. The second-order valence-electron chi connectivity index (χ2n) is 5.78. The van der Waals surface area contributed by atoms with E-state index < -0.39 is 23.5 Å². The molecule has 28 heavy (non-hydrogen) atoms. The summed E-state index contributed by atoms with van der Waals surface area (Å²) in [5, 5.41) is 0.426. The van der Waals surface area contributed by atoms with E-state index in [0.717, 1.165) is 17.4 Å². The topological polar surface area (TPSA) is 60.7 Å². The summed E-state index contributed by atoms with van der Waals surface area (Å²) in [6.45, 7) is 1.44. The van der Waals surface area contributed by atoms with Gasteiger partial charge in [0.2, 0.25) is 0 Å². The van der Waals surface area contributed by atoms with Crippen molar-refractivity contribution in [2.75, 3.05) is 6.61 Å². The molecule has 0 atom stereocenters. The van der Waals surface area contributed by atoms with Gasteiger partial charge in [-0.2, -0.15) is 4.99 Å². The van der Waals surface area contributed by atoms with Crippen LogP contribution in [-0.2, 0) is 27.3 Å². The quantitative estimate of drug-likeness (QED) is 0.584. The molecule has 146 valence electrons. The lowest BCUT2D eigenvalue weighted by Gasteiger charge is -2.06. The van der Waals surface area contributed by atoms with E-state index in [1.165, 1.54) is 4.57 Å². The number of esters is 1. The Morgan fingerprint density at radius 3 is 2.71 bits per heavy atom. The van der Waals surface area contributed by atoms with Crippen molar-refractivity contribution in [3.63, 3.8) is 0 Å². The third kappa shape index (κ3) is 4.45. The fraction of sp³-hybridized carbons (Fsp3) is 0.211. The fourth-order valence-corrected chi connectivity index (χ4v) is 3.94. The minimum absolute atomic E-state index is 0.0104. The van der Waals surface area contributed by atoms with Crippen molar-refractivity contribution in [3.8, 4) is 0 Å². The molecule has 0 unspecified atom stereocenters. The molecular weight excluding hydrogens is 410 g/mol. The molecule has 9 heteroatoms. The normalized spacial score (nSPS) is 11.8. The van der Waals surface area contributed by atoms with Gasteiger partial charge in [0.15, 0.2) is 10.6 Å². The lowest BCUT2D eigenvalue weighted by molar-refractivity contribution is -0.143. The zero-order valence-corrected chi connectivity index (χ0v) is 16.3. The van der Waals surface area contributed by atoms with Crippen molar-refractivity contribution < 1.29 is 23.1 Å². The Balaban J connectivity index is 2.06. The van der Waals surface area contributed by atoms with E-state index in [9.17, 15) is 18.4 Å². The Morgan fingerprint density at radius 1 is 1.25 bits per heavy atom. The average molecular weight is 425 g/mol. The molecule has 0 radical (unpaired) electrons. The van der Waals surface area contributed by atoms with E-state index in [2.05, 4.69) is 4.99 Å². The zero-order chi connectivity index (χ0) is 20.3. The fourth-order valence-electron chi connectivity index (χ4n) is 2.65. The van der Waals surface area contributed by atoms with Crippen molar-refractivity contribution >= 4 is 45.0 Å². The maximum atomic E-state index is 14.3. The third-order valence-corrected chi connectivity index (χ3v) is 5.20. The number of nitrogens with zero attached hydrogens (tertiary/aromatic N) is 2. The standard InChI is InChI=1S/C19H15ClF2N2O3S/c1-2-27-17(26)10-24-18-14(22)8-12(21)9-15(18)28-19(24)23-16(25)7-11-5-3-4-6-13(11)20/h3-6,8-9H,2,7,10H2,1H3. The van der Waals surface area contributed by atoms with Gasteiger partial charge in [-0.1, -0.05) is 41.1 Å². The van der Waals surface area contributed by atoms with E-state index in [-0.39, 0.29) is 34.6 Å². The summed E-state index contributed by atoms with van der Waals surface area (Å²) in [5.74, 6) is -2.76. The van der Waals surface area contributed by atoms with Crippen LogP contribution in [0.2, 0.25) is 5.02 Å². The van der Waals surface area contributed by atoms with Crippen LogP contribution in [0.25, 0.3) is 10.2 Å². The molecule has 1 aromatic heterocycles. The predicted molar refractivity (Wildman–Crippen MR) is 102 cm³/mol. The highest BCUT2D eigenvalue weighted by atomic mass is 35.5. The van der Waals surface area contributed by atoms with Gasteiger partial charge in [-0.05, 0) is 24.6 Å². The molecule has 0 spiro atoms. The van der Waals surface area contributed by atoms with E-state index in [4.69, 9.17) is 16.3 Å². The van der Waals surface area contributed by atoms with E-state index in [1.54, 1.807) is 31.2 Å². The van der Waals surface area contributed by atoms with Crippen LogP contribution in [0, 0.1) is 11.6 Å². The monoisotopic (exact) mass is 424 g/mol. The largest absolute Gasteiger partial charge is 0.465 e. The van der Waals surface area contributed by atoms with Gasteiger partial charge in [-0.15, -0.1) is 0 Å². The Labute approximate surface area is 167 Å². The lowest BCUT2D eigenvalue weighted by atomic mass is 10.1. The molecule has 0 saturated heterocycles. The van der Waals surface area contributed by atoms with Gasteiger partial charge >= 0.3 is 5.97 Å². The van der Waals surface area contributed by atoms with Gasteiger partial charge in [0.25, 0.3) is 5.91 Å². The molecule has 2 aromatic carbocycles. The van der Waals surface area contributed by atoms with Crippen molar-refractivity contribution in [1.29, 1.82) is 0 Å². The summed E-state index contributed by atoms with van der Waals surface area (Å²) in [6, 6.07) is 8.68. The number of thiazole rings is 1. The smallest absolute Gasteiger partial charge is 0.326 e. The summed E-state index contributed by atoms with van der Waals surface area (Å²) in [4.78, 5) is 28.4. The van der Waals surface area contributed by atoms with Gasteiger partial charge in [0, 0.05) is 11.1 Å². The van der Waals surface area contributed by atoms with E-state index >= 15 is 0 Å². The number of halogens is 3. The minimum atomic E-state index is -0.851. The van der Waals surface area contributed by atoms with Crippen molar-refractivity contribution in [3.05, 3.63) is 63.4 Å². The summed E-state index contributed by atoms with van der Waals surface area (Å²) in [6.07, 6.45) is -0.0653. The lowest BCUT2D eigenvalue weighted by Crippen LogP contribution is -2.23. The molecule has 0 aliphatic rings. The number of hydrogen-bond acceptors (Lipinski definition) is 4. The van der Waals surface area contributed by atoms with Crippen LogP contribution < -0.4 is 4.80 Å². The number of hydrogen-bond donors (Lipinski definition) is 0. The first-order valence-corrected chi connectivity index (χ1v) is 9.53. The second kappa shape index (κ2) is 8.62. The summed E-state index contributed by atoms with van der Waals surface area (Å²) in [7, 11) is 0. The molecule has 0 saturated carbocycles. The summed E-state index contributed by atoms with van der Waals surface area (Å²) in [5.41, 5.74) is 0.581. The number of ether oxygens (including phenoxy) is 1. The Bertz CT molecular complexity index is 1120. The highest BCUT2D eigenvalue weighted by molar-refractivity contribution is 7.16. The molecule has 1 amide bonds. The Morgan fingerprint density at radius 2 is 2.00 bits per heavy atom. The Hall–Kier alpha value is -2.58. The maximum Gasteiger partial charge on any atom is 0.326 e. The van der Waals surface area contributed by atoms with Gasteiger partial charge < -0.3 is 9.30 Å². The first-order valence-electron chi connectivity index (χ1n) is 8.34. The number of benzene rings is 2. The van der Waals surface area contributed by atoms with Crippen LogP contribution in [-0.4, -0.2) is 23.1 Å². The Kier molecular flexibility index (Phi) is 6.21. The first-order chi connectivity index (χ1) is 13.4. The van der Waals surface area contributed by atoms with Crippen molar-refractivity contribution in [1.82, 2.24) is 4.57 Å². The van der Waals surface area contributed by atoms with Crippen LogP contribution in [0.5, 0.6) is 0 Å². The number of carbonyl (C=O) groups is 2. The van der Waals surface area contributed by atoms with Crippen LogP contribution >= 0.6 is 22.9 Å². The van der Waals surface area contributed by atoms with E-state index in [1.807, 2.05) is 0 Å². The first kappa shape index (κ1) is 20.2. The minimum Gasteiger partial charge on any atom is -0.465 e. The zero-order valence-electron chi connectivity index (χ0n) is 14.7. The number of rotatable bonds is 5. The van der Waals surface area contributed by atoms with Gasteiger partial charge in [-0.3, -0.25) is 9.59 Å². The van der Waals surface area contributed by atoms with Gasteiger partial charge in [-0.25, -0.2) is 8.78 Å². The van der Waals surface area contributed by atoms with Crippen LogP contribution in [0.4, 0.5) is 8.78 Å². The van der Waals surface area contributed by atoms with Crippen LogP contribution in [0.3, 0.4) is 0 Å². The van der Waals surface area contributed by atoms with Crippen molar-refractivity contribution in [2.45, 2.75) is 19.9 Å². The van der Waals surface area contributed by atoms with E-state index in [0.29, 0.717) is 16.7 Å². The highest BCUT2D eigenvalue weighted by Crippen LogP contribution is 2.22. The number of aromatic nitrogens is 1. The molecule has 0 bridgehead atoms. The average Bonchev–Trinajstić information content (AvgIpc) is 2.94. The van der Waals surface area contributed by atoms with Crippen LogP contribution in [0.15, 0.2) is 41.4 Å². The predicted octanol–water partition coefficient (Wildman–Crippen LogP) is 3.87. The summed E-state index contributed by atoms with van der Waals surface area (Å²) < 4.78 is 34.3.